The van der Waals surface area contributed by atoms with Crippen LogP contribution >= 0.6 is 11.8 Å². The molecule has 2 amide bonds. The van der Waals surface area contributed by atoms with Crippen LogP contribution in [0.25, 0.3) is 5.69 Å². The van der Waals surface area contributed by atoms with Crippen LogP contribution in [0.2, 0.25) is 0 Å². The number of imidazole rings is 1. The number of amides is 2. The Morgan fingerprint density at radius 3 is 2.59 bits per heavy atom. The van der Waals surface area contributed by atoms with Gasteiger partial charge in [-0.3, -0.25) is 19.5 Å². The van der Waals surface area contributed by atoms with Gasteiger partial charge in [0.15, 0.2) is 5.16 Å². The highest BCUT2D eigenvalue weighted by Gasteiger charge is 2.14. The van der Waals surface area contributed by atoms with Crippen LogP contribution in [0.3, 0.4) is 0 Å². The average molecular weight is 417 g/mol. The molecule has 0 bridgehead atoms. The first-order valence-electron chi connectivity index (χ1n) is 8.55. The Morgan fingerprint density at radius 1 is 1.17 bits per heavy atom. The van der Waals surface area contributed by atoms with Crippen molar-refractivity contribution in [3.63, 3.8) is 0 Å². The number of nitrogens with zero attached hydrogens (tertiary/aromatic N) is 2. The number of thioether (sulfide) groups is 1. The van der Waals surface area contributed by atoms with E-state index in [0.29, 0.717) is 5.16 Å². The number of halogens is 2. The van der Waals surface area contributed by atoms with Crippen molar-refractivity contribution in [2.24, 2.45) is 0 Å². The molecule has 1 N–H and O–H groups in total. The summed E-state index contributed by atoms with van der Waals surface area (Å²) in [5.74, 6) is -1.20. The van der Waals surface area contributed by atoms with E-state index in [-0.39, 0.29) is 17.1 Å². The number of benzene rings is 2. The Kier molecular flexibility index (Phi) is 6.61. The van der Waals surface area contributed by atoms with Crippen molar-refractivity contribution in [3.8, 4) is 11.4 Å². The zero-order chi connectivity index (χ0) is 20.8. The quantitative estimate of drug-likeness (QED) is 0.592. The zero-order valence-corrected chi connectivity index (χ0v) is 16.2. The first kappa shape index (κ1) is 20.5. The summed E-state index contributed by atoms with van der Waals surface area (Å²) in [6.07, 6.45) is 3.44. The van der Waals surface area contributed by atoms with E-state index in [9.17, 15) is 18.4 Å². The van der Waals surface area contributed by atoms with Gasteiger partial charge in [0.25, 0.3) is 5.91 Å². The third-order valence-corrected chi connectivity index (χ3v) is 4.88. The molecule has 0 unspecified atom stereocenters. The molecule has 0 radical (unpaired) electrons. The molecule has 0 aliphatic carbocycles. The van der Waals surface area contributed by atoms with E-state index in [2.05, 4.69) is 15.0 Å². The van der Waals surface area contributed by atoms with Gasteiger partial charge in [-0.2, -0.15) is 8.78 Å². The Bertz CT molecular complexity index is 1010. The summed E-state index contributed by atoms with van der Waals surface area (Å²) in [4.78, 5) is 28.5. The normalized spacial score (nSPS) is 10.8. The van der Waals surface area contributed by atoms with Crippen LogP contribution in [0.5, 0.6) is 5.75 Å². The van der Waals surface area contributed by atoms with Crippen LogP contribution < -0.4 is 10.1 Å². The van der Waals surface area contributed by atoms with Gasteiger partial charge in [0.05, 0.1) is 11.4 Å². The maximum atomic E-state index is 12.2. The molecule has 1 heterocycles. The van der Waals surface area contributed by atoms with E-state index >= 15 is 0 Å². The van der Waals surface area contributed by atoms with Gasteiger partial charge in [-0.25, -0.2) is 4.98 Å². The number of carbonyl (C=O) groups excluding carboxylic acids is 2. The van der Waals surface area contributed by atoms with Crippen molar-refractivity contribution in [2.45, 2.75) is 18.7 Å². The first-order chi connectivity index (χ1) is 13.9. The fraction of sp³-hybridized carbons (Fsp3) is 0.150. The highest BCUT2D eigenvalue weighted by molar-refractivity contribution is 7.99. The fourth-order valence-corrected chi connectivity index (χ4v) is 3.33. The number of hydrogen-bond donors (Lipinski definition) is 1. The summed E-state index contributed by atoms with van der Waals surface area (Å²) >= 11 is 1.20. The van der Waals surface area contributed by atoms with Crippen LogP contribution in [0, 0.1) is 6.92 Å². The van der Waals surface area contributed by atoms with Crippen LogP contribution in [0.15, 0.2) is 66.1 Å². The molecule has 3 aromatic rings. The third-order valence-electron chi connectivity index (χ3n) is 3.91. The number of aryl methyl sites for hydroxylation is 1. The molecule has 0 aliphatic rings. The number of imide groups is 1. The lowest BCUT2D eigenvalue weighted by Gasteiger charge is -2.10. The van der Waals surface area contributed by atoms with Crippen molar-refractivity contribution in [2.75, 3.05) is 5.75 Å². The van der Waals surface area contributed by atoms with Gasteiger partial charge >= 0.3 is 6.61 Å². The highest BCUT2D eigenvalue weighted by atomic mass is 32.2. The maximum Gasteiger partial charge on any atom is 0.387 e. The number of alkyl halides is 2. The smallest absolute Gasteiger partial charge is 0.387 e. The summed E-state index contributed by atoms with van der Waals surface area (Å²) in [6.45, 7) is -0.965. The molecule has 0 saturated heterocycles. The van der Waals surface area contributed by atoms with Crippen molar-refractivity contribution in [3.05, 3.63) is 72.1 Å². The number of rotatable bonds is 7. The van der Waals surface area contributed by atoms with Crippen molar-refractivity contribution < 1.29 is 23.1 Å². The number of carbonyl (C=O) groups is 2. The van der Waals surface area contributed by atoms with Gasteiger partial charge in [-0.05, 0) is 42.8 Å². The predicted molar refractivity (Wildman–Crippen MR) is 105 cm³/mol. The van der Waals surface area contributed by atoms with Crippen molar-refractivity contribution >= 4 is 23.6 Å². The lowest BCUT2D eigenvalue weighted by molar-refractivity contribution is -0.117. The minimum atomic E-state index is -2.94. The molecule has 0 saturated carbocycles. The third kappa shape index (κ3) is 5.41. The zero-order valence-electron chi connectivity index (χ0n) is 15.3. The molecule has 3 rings (SSSR count). The summed E-state index contributed by atoms with van der Waals surface area (Å²) in [7, 11) is 0. The Labute approximate surface area is 169 Å². The molecule has 0 spiro atoms. The Balaban J connectivity index is 1.58. The van der Waals surface area contributed by atoms with Gasteiger partial charge in [0.1, 0.15) is 5.75 Å². The average Bonchev–Trinajstić information content (AvgIpc) is 3.15. The Hall–Kier alpha value is -3.20. The molecule has 9 heteroatoms. The molecular formula is C20H17F2N3O3S. The highest BCUT2D eigenvalue weighted by Crippen LogP contribution is 2.22. The predicted octanol–water partition coefficient (Wildman–Crippen LogP) is 3.83. The second-order valence-electron chi connectivity index (χ2n) is 5.94. The maximum absolute atomic E-state index is 12.2. The topological polar surface area (TPSA) is 73.2 Å². The van der Waals surface area contributed by atoms with Crippen molar-refractivity contribution in [1.82, 2.24) is 14.9 Å². The van der Waals surface area contributed by atoms with E-state index in [0.717, 1.165) is 11.3 Å². The second kappa shape index (κ2) is 9.33. The van der Waals surface area contributed by atoms with Crippen LogP contribution in [-0.2, 0) is 4.79 Å². The van der Waals surface area contributed by atoms with E-state index in [1.165, 1.54) is 36.0 Å². The Morgan fingerprint density at radius 2 is 1.90 bits per heavy atom. The molecule has 0 atom stereocenters. The minimum Gasteiger partial charge on any atom is -0.435 e. The van der Waals surface area contributed by atoms with Crippen LogP contribution in [0.1, 0.15) is 15.9 Å². The van der Waals surface area contributed by atoms with Gasteiger partial charge in [-0.15, -0.1) is 0 Å². The van der Waals surface area contributed by atoms with Gasteiger partial charge < -0.3 is 4.74 Å². The van der Waals surface area contributed by atoms with Gasteiger partial charge in [0, 0.05) is 18.0 Å². The molecule has 0 aliphatic heterocycles. The molecule has 0 fully saturated rings. The number of nitrogens with one attached hydrogen (secondary N) is 1. The van der Waals surface area contributed by atoms with E-state index in [4.69, 9.17) is 0 Å². The molecular weight excluding hydrogens is 400 g/mol. The second-order valence-corrected chi connectivity index (χ2v) is 6.88. The summed E-state index contributed by atoms with van der Waals surface area (Å²) in [6, 6.07) is 12.9. The fourth-order valence-electron chi connectivity index (χ4n) is 2.57. The molecule has 2 aromatic carbocycles. The van der Waals surface area contributed by atoms with Crippen LogP contribution in [-0.4, -0.2) is 33.7 Å². The molecule has 29 heavy (non-hydrogen) atoms. The standard InChI is InChI=1S/C20H17F2N3O3S/c1-13-4-2-3-5-16(13)25-11-10-23-20(25)29-12-17(26)24-18(27)14-6-8-15(9-7-14)28-19(21)22/h2-11,19H,12H2,1H3,(H,24,26,27). The minimum absolute atomic E-state index is 0.0127. The van der Waals surface area contributed by atoms with Crippen molar-refractivity contribution in [1.29, 1.82) is 0 Å². The summed E-state index contributed by atoms with van der Waals surface area (Å²) in [5.41, 5.74) is 2.17. The van der Waals surface area contributed by atoms with E-state index < -0.39 is 18.4 Å². The first-order valence-corrected chi connectivity index (χ1v) is 9.54. The lowest BCUT2D eigenvalue weighted by atomic mass is 10.2. The number of aromatic nitrogens is 2. The van der Waals surface area contributed by atoms with Crippen LogP contribution in [0.4, 0.5) is 8.78 Å². The summed E-state index contributed by atoms with van der Waals surface area (Å²) < 4.78 is 30.4. The SMILES string of the molecule is Cc1ccccc1-n1ccnc1SCC(=O)NC(=O)c1ccc(OC(F)F)cc1. The van der Waals surface area contributed by atoms with E-state index in [1.54, 1.807) is 12.4 Å². The number of hydrogen-bond acceptors (Lipinski definition) is 5. The molecule has 150 valence electrons. The molecule has 6 nitrogen and oxygen atoms in total. The van der Waals surface area contributed by atoms with Gasteiger partial charge in [-0.1, -0.05) is 30.0 Å². The lowest BCUT2D eigenvalue weighted by Crippen LogP contribution is -2.31. The number of ether oxygens (including phenoxy) is 1. The monoisotopic (exact) mass is 417 g/mol. The van der Waals surface area contributed by atoms with Gasteiger partial charge in [0.2, 0.25) is 5.91 Å². The largest absolute Gasteiger partial charge is 0.435 e. The number of para-hydroxylation sites is 1. The molecule has 1 aromatic heterocycles. The summed E-state index contributed by atoms with van der Waals surface area (Å²) in [5, 5.41) is 2.89. The van der Waals surface area contributed by atoms with E-state index in [1.807, 2.05) is 35.8 Å².